The topological polar surface area (TPSA) is 72.2 Å². The van der Waals surface area contributed by atoms with Crippen LogP contribution in [0.15, 0.2) is 17.0 Å². The van der Waals surface area contributed by atoms with Gasteiger partial charge in [-0.2, -0.15) is 0 Å². The molecule has 0 saturated carbocycles. The molecule has 0 aliphatic rings. The van der Waals surface area contributed by atoms with Crippen LogP contribution < -0.4 is 10.5 Å². The number of benzene rings is 1. The molecule has 0 aromatic heterocycles. The third-order valence-corrected chi connectivity index (χ3v) is 4.64. The number of hydrogen-bond acceptors (Lipinski definition) is 3. The molecule has 0 bridgehead atoms. The van der Waals surface area contributed by atoms with Crippen molar-refractivity contribution >= 4 is 15.7 Å². The fourth-order valence-electron chi connectivity index (χ4n) is 1.87. The molecule has 3 N–H and O–H groups in total. The Morgan fingerprint density at radius 2 is 1.83 bits per heavy atom. The summed E-state index contributed by atoms with van der Waals surface area (Å²) in [5.41, 5.74) is 8.02. The average molecular weight is 270 g/mol. The molecule has 4 nitrogen and oxygen atoms in total. The Kier molecular flexibility index (Phi) is 4.76. The molecule has 0 spiro atoms. The number of nitrogens with one attached hydrogen (secondary N) is 1. The largest absolute Gasteiger partial charge is 0.398 e. The van der Waals surface area contributed by atoms with Crippen LogP contribution >= 0.6 is 0 Å². The summed E-state index contributed by atoms with van der Waals surface area (Å²) in [7, 11) is -3.53. The highest BCUT2D eigenvalue weighted by Crippen LogP contribution is 2.23. The van der Waals surface area contributed by atoms with E-state index in [0.29, 0.717) is 5.69 Å². The van der Waals surface area contributed by atoms with Gasteiger partial charge in [-0.15, -0.1) is 0 Å². The van der Waals surface area contributed by atoms with E-state index in [2.05, 4.69) is 4.72 Å². The van der Waals surface area contributed by atoms with Crippen molar-refractivity contribution in [3.05, 3.63) is 23.3 Å². The summed E-state index contributed by atoms with van der Waals surface area (Å²) in [4.78, 5) is 0.175. The van der Waals surface area contributed by atoms with Gasteiger partial charge in [0, 0.05) is 6.04 Å². The van der Waals surface area contributed by atoms with E-state index in [1.54, 1.807) is 12.1 Å². The predicted molar refractivity (Wildman–Crippen MR) is 75.0 cm³/mol. The van der Waals surface area contributed by atoms with Gasteiger partial charge in [-0.1, -0.05) is 13.3 Å². The molecule has 0 radical (unpaired) electrons. The molecule has 102 valence electrons. The van der Waals surface area contributed by atoms with E-state index in [0.717, 1.165) is 24.0 Å². The molecule has 0 aliphatic carbocycles. The summed E-state index contributed by atoms with van der Waals surface area (Å²) in [5.74, 6) is 0. The highest BCUT2D eigenvalue weighted by Gasteiger charge is 2.20. The van der Waals surface area contributed by atoms with Gasteiger partial charge in [0.1, 0.15) is 4.90 Å². The number of anilines is 1. The van der Waals surface area contributed by atoms with Crippen molar-refractivity contribution in [3.8, 4) is 0 Å². The quantitative estimate of drug-likeness (QED) is 0.807. The lowest BCUT2D eigenvalue weighted by Gasteiger charge is -2.15. The maximum absolute atomic E-state index is 12.2. The van der Waals surface area contributed by atoms with Gasteiger partial charge in [0.25, 0.3) is 0 Å². The first kappa shape index (κ1) is 15.0. The van der Waals surface area contributed by atoms with Crippen molar-refractivity contribution in [2.75, 3.05) is 5.73 Å². The second kappa shape index (κ2) is 5.71. The van der Waals surface area contributed by atoms with Crippen LogP contribution in [0, 0.1) is 13.8 Å². The van der Waals surface area contributed by atoms with Crippen molar-refractivity contribution in [2.24, 2.45) is 0 Å². The van der Waals surface area contributed by atoms with Crippen LogP contribution in [0.25, 0.3) is 0 Å². The Bertz CT molecular complexity index is 524. The first-order valence-corrected chi connectivity index (χ1v) is 7.65. The van der Waals surface area contributed by atoms with E-state index in [1.807, 2.05) is 27.7 Å². The fourth-order valence-corrected chi connectivity index (χ4v) is 3.34. The van der Waals surface area contributed by atoms with E-state index in [-0.39, 0.29) is 10.9 Å². The van der Waals surface area contributed by atoms with Gasteiger partial charge in [-0.25, -0.2) is 13.1 Å². The summed E-state index contributed by atoms with van der Waals surface area (Å²) in [6.07, 6.45) is 1.75. The Morgan fingerprint density at radius 1 is 1.28 bits per heavy atom. The number of nitrogens with two attached hydrogens (primary N) is 1. The van der Waals surface area contributed by atoms with E-state index in [1.165, 1.54) is 0 Å². The number of sulfonamides is 1. The maximum atomic E-state index is 12.2. The number of hydrogen-bond donors (Lipinski definition) is 2. The smallest absolute Gasteiger partial charge is 0.242 e. The van der Waals surface area contributed by atoms with Crippen LogP contribution in [0.3, 0.4) is 0 Å². The zero-order chi connectivity index (χ0) is 13.9. The lowest BCUT2D eigenvalue weighted by atomic mass is 10.1. The fraction of sp³-hybridized carbons (Fsp3) is 0.538. The molecule has 0 saturated heterocycles. The van der Waals surface area contributed by atoms with Crippen molar-refractivity contribution in [1.82, 2.24) is 4.72 Å². The Morgan fingerprint density at radius 3 is 2.39 bits per heavy atom. The van der Waals surface area contributed by atoms with E-state index >= 15 is 0 Å². The zero-order valence-corrected chi connectivity index (χ0v) is 12.3. The van der Waals surface area contributed by atoms with Gasteiger partial charge >= 0.3 is 0 Å². The molecule has 5 heteroatoms. The summed E-state index contributed by atoms with van der Waals surface area (Å²) in [6, 6.07) is 3.25. The number of aryl methyl sites for hydroxylation is 2. The molecule has 0 fully saturated rings. The van der Waals surface area contributed by atoms with Gasteiger partial charge < -0.3 is 5.73 Å². The minimum Gasteiger partial charge on any atom is -0.398 e. The first-order valence-electron chi connectivity index (χ1n) is 6.17. The second-order valence-corrected chi connectivity index (χ2v) is 6.47. The molecular weight excluding hydrogens is 248 g/mol. The van der Waals surface area contributed by atoms with E-state index in [4.69, 9.17) is 5.73 Å². The molecule has 1 atom stereocenters. The van der Waals surface area contributed by atoms with Crippen LogP contribution in [-0.4, -0.2) is 14.5 Å². The van der Waals surface area contributed by atoms with Gasteiger partial charge in [-0.3, -0.25) is 0 Å². The van der Waals surface area contributed by atoms with Gasteiger partial charge in [0.2, 0.25) is 10.0 Å². The molecule has 1 aromatic carbocycles. The minimum atomic E-state index is -3.53. The normalized spacial score (nSPS) is 13.6. The van der Waals surface area contributed by atoms with Crippen molar-refractivity contribution in [1.29, 1.82) is 0 Å². The summed E-state index contributed by atoms with van der Waals surface area (Å²) >= 11 is 0. The highest BCUT2D eigenvalue weighted by atomic mass is 32.2. The molecule has 0 heterocycles. The monoisotopic (exact) mass is 270 g/mol. The first-order chi connectivity index (χ1) is 8.27. The molecule has 18 heavy (non-hydrogen) atoms. The van der Waals surface area contributed by atoms with Crippen LogP contribution in [0.2, 0.25) is 0 Å². The summed E-state index contributed by atoms with van der Waals surface area (Å²) in [6.45, 7) is 7.67. The lowest BCUT2D eigenvalue weighted by Crippen LogP contribution is -2.33. The minimum absolute atomic E-state index is 0.0824. The standard InChI is InChI=1S/C13H22N2O2S/c1-5-6-11(4)15-18(16,17)13-8-10(3)9(2)7-12(13)14/h7-8,11,15H,5-6,14H2,1-4H3. The van der Waals surface area contributed by atoms with Crippen LogP contribution in [0.1, 0.15) is 37.8 Å². The molecule has 1 rings (SSSR count). The zero-order valence-electron chi connectivity index (χ0n) is 11.4. The molecular formula is C13H22N2O2S. The van der Waals surface area contributed by atoms with Crippen molar-refractivity contribution in [2.45, 2.75) is 51.5 Å². The van der Waals surface area contributed by atoms with Crippen LogP contribution in [0.4, 0.5) is 5.69 Å². The number of nitrogen functional groups attached to an aromatic ring is 1. The average Bonchev–Trinajstić information content (AvgIpc) is 2.22. The summed E-state index contributed by atoms with van der Waals surface area (Å²) in [5, 5.41) is 0. The Hall–Kier alpha value is -1.07. The van der Waals surface area contributed by atoms with Gasteiger partial charge in [0.15, 0.2) is 0 Å². The predicted octanol–water partition coefficient (Wildman–Crippen LogP) is 2.35. The van der Waals surface area contributed by atoms with E-state index < -0.39 is 10.0 Å². The second-order valence-electron chi connectivity index (χ2n) is 4.79. The van der Waals surface area contributed by atoms with Crippen LogP contribution in [0.5, 0.6) is 0 Å². The summed E-state index contributed by atoms with van der Waals surface area (Å²) < 4.78 is 27.1. The molecule has 0 amide bonds. The van der Waals surface area contributed by atoms with Gasteiger partial charge in [0.05, 0.1) is 5.69 Å². The van der Waals surface area contributed by atoms with E-state index in [9.17, 15) is 8.42 Å². The van der Waals surface area contributed by atoms with Crippen molar-refractivity contribution < 1.29 is 8.42 Å². The van der Waals surface area contributed by atoms with Crippen LogP contribution in [-0.2, 0) is 10.0 Å². The Balaban J connectivity index is 3.09. The van der Waals surface area contributed by atoms with Crippen molar-refractivity contribution in [3.63, 3.8) is 0 Å². The maximum Gasteiger partial charge on any atom is 0.242 e. The van der Waals surface area contributed by atoms with Gasteiger partial charge in [-0.05, 0) is 50.5 Å². The SMILES string of the molecule is CCCC(C)NS(=O)(=O)c1cc(C)c(C)cc1N. The lowest BCUT2D eigenvalue weighted by molar-refractivity contribution is 0.544. The number of rotatable bonds is 5. The Labute approximate surface area is 110 Å². The molecule has 1 aromatic rings. The molecule has 1 unspecified atom stereocenters. The third kappa shape index (κ3) is 3.46. The molecule has 0 aliphatic heterocycles. The third-order valence-electron chi connectivity index (χ3n) is 2.99. The highest BCUT2D eigenvalue weighted by molar-refractivity contribution is 7.89.